The third-order valence-electron chi connectivity index (χ3n) is 2.62. The van der Waals surface area contributed by atoms with Crippen LogP contribution >= 0.6 is 0 Å². The Hall–Kier alpha value is -1.55. The molecule has 0 radical (unpaired) electrons. The minimum absolute atomic E-state index is 0.0141. The Morgan fingerprint density at radius 1 is 1.25 bits per heavy atom. The van der Waals surface area contributed by atoms with Crippen molar-refractivity contribution in [2.24, 2.45) is 12.8 Å². The van der Waals surface area contributed by atoms with Crippen LogP contribution in [0.3, 0.4) is 0 Å². The number of hydrogen-bond donors (Lipinski definition) is 1. The van der Waals surface area contributed by atoms with Gasteiger partial charge in [-0.1, -0.05) is 12.1 Å². The van der Waals surface area contributed by atoms with Gasteiger partial charge in [0.25, 0.3) is 0 Å². The van der Waals surface area contributed by atoms with Gasteiger partial charge in [0.15, 0.2) is 0 Å². The Balaban J connectivity index is 2.70. The quantitative estimate of drug-likeness (QED) is 0.821. The van der Waals surface area contributed by atoms with Crippen molar-refractivity contribution >= 4 is 11.0 Å². The van der Waals surface area contributed by atoms with Crippen molar-refractivity contribution in [3.05, 3.63) is 34.7 Å². The number of aryl methyl sites for hydroxylation is 1. The van der Waals surface area contributed by atoms with Crippen LogP contribution in [0.2, 0.25) is 0 Å². The Kier molecular flexibility index (Phi) is 2.39. The van der Waals surface area contributed by atoms with Crippen LogP contribution < -0.4 is 11.4 Å². The van der Waals surface area contributed by atoms with Crippen LogP contribution in [0.25, 0.3) is 11.0 Å². The molecule has 0 unspecified atom stereocenters. The molecule has 0 saturated heterocycles. The van der Waals surface area contributed by atoms with Crippen LogP contribution in [0.15, 0.2) is 29.1 Å². The number of benzene rings is 1. The first-order valence-electron chi connectivity index (χ1n) is 5.33. The van der Waals surface area contributed by atoms with Gasteiger partial charge >= 0.3 is 5.69 Å². The van der Waals surface area contributed by atoms with Crippen molar-refractivity contribution in [2.75, 3.05) is 0 Å². The van der Waals surface area contributed by atoms with Crippen LogP contribution in [-0.2, 0) is 13.6 Å². The normalized spacial score (nSPS) is 12.2. The SMILES string of the molecule is Cn1c(=O)n(CC(C)(C)N)c2ccccc21. The molecule has 1 aromatic heterocycles. The molecule has 2 aromatic rings. The Bertz CT molecular complexity index is 572. The van der Waals surface area contributed by atoms with Gasteiger partial charge in [-0.05, 0) is 26.0 Å². The molecular weight excluding hydrogens is 202 g/mol. The van der Waals surface area contributed by atoms with Gasteiger partial charge in [0.05, 0.1) is 11.0 Å². The molecule has 0 spiro atoms. The zero-order chi connectivity index (χ0) is 11.9. The maximum absolute atomic E-state index is 12.0. The number of nitrogens with zero attached hydrogens (tertiary/aromatic N) is 2. The van der Waals surface area contributed by atoms with Crippen molar-refractivity contribution in [1.29, 1.82) is 0 Å². The molecule has 2 rings (SSSR count). The summed E-state index contributed by atoms with van der Waals surface area (Å²) in [5.41, 5.74) is 7.44. The minimum Gasteiger partial charge on any atom is -0.324 e. The van der Waals surface area contributed by atoms with Crippen molar-refractivity contribution in [3.8, 4) is 0 Å². The van der Waals surface area contributed by atoms with Gasteiger partial charge in [-0.15, -0.1) is 0 Å². The van der Waals surface area contributed by atoms with E-state index in [0.29, 0.717) is 6.54 Å². The van der Waals surface area contributed by atoms with E-state index in [-0.39, 0.29) is 5.69 Å². The van der Waals surface area contributed by atoms with Gasteiger partial charge in [-0.3, -0.25) is 9.13 Å². The molecule has 2 N–H and O–H groups in total. The lowest BCUT2D eigenvalue weighted by molar-refractivity contribution is 0.431. The Morgan fingerprint density at radius 2 is 1.81 bits per heavy atom. The summed E-state index contributed by atoms with van der Waals surface area (Å²) in [7, 11) is 1.78. The summed E-state index contributed by atoms with van der Waals surface area (Å²) in [6.07, 6.45) is 0. The molecule has 0 aliphatic carbocycles. The van der Waals surface area contributed by atoms with Crippen molar-refractivity contribution < 1.29 is 0 Å². The number of para-hydroxylation sites is 2. The lowest BCUT2D eigenvalue weighted by atomic mass is 10.1. The average molecular weight is 219 g/mol. The predicted molar refractivity (Wildman–Crippen MR) is 65.4 cm³/mol. The second kappa shape index (κ2) is 3.49. The molecular formula is C12H17N3O. The Morgan fingerprint density at radius 3 is 2.38 bits per heavy atom. The largest absolute Gasteiger partial charge is 0.328 e. The summed E-state index contributed by atoms with van der Waals surface area (Å²) >= 11 is 0. The van der Waals surface area contributed by atoms with E-state index in [4.69, 9.17) is 5.73 Å². The first-order valence-corrected chi connectivity index (χ1v) is 5.33. The summed E-state index contributed by atoms with van der Waals surface area (Å²) in [5.74, 6) is 0. The first kappa shape index (κ1) is 11.0. The first-order chi connectivity index (χ1) is 7.40. The second-order valence-corrected chi connectivity index (χ2v) is 4.91. The number of fused-ring (bicyclic) bond motifs is 1. The topological polar surface area (TPSA) is 53.0 Å². The maximum atomic E-state index is 12.0. The summed E-state index contributed by atoms with van der Waals surface area (Å²) in [6, 6.07) is 7.75. The predicted octanol–water partition coefficient (Wildman–Crippen LogP) is 1.08. The maximum Gasteiger partial charge on any atom is 0.328 e. The van der Waals surface area contributed by atoms with E-state index >= 15 is 0 Å². The number of imidazole rings is 1. The highest BCUT2D eigenvalue weighted by Crippen LogP contribution is 2.13. The van der Waals surface area contributed by atoms with Crippen LogP contribution in [0.5, 0.6) is 0 Å². The lowest BCUT2D eigenvalue weighted by Gasteiger charge is -2.18. The summed E-state index contributed by atoms with van der Waals surface area (Å²) in [4.78, 5) is 12.0. The van der Waals surface area contributed by atoms with Gasteiger partial charge in [0.1, 0.15) is 0 Å². The number of aromatic nitrogens is 2. The average Bonchev–Trinajstić information content (AvgIpc) is 2.43. The molecule has 16 heavy (non-hydrogen) atoms. The molecule has 0 amide bonds. The zero-order valence-corrected chi connectivity index (χ0v) is 9.90. The third-order valence-corrected chi connectivity index (χ3v) is 2.62. The van der Waals surface area contributed by atoms with Gasteiger partial charge in [-0.25, -0.2) is 4.79 Å². The van der Waals surface area contributed by atoms with E-state index in [1.165, 1.54) is 0 Å². The molecule has 4 nitrogen and oxygen atoms in total. The summed E-state index contributed by atoms with van der Waals surface area (Å²) in [5, 5.41) is 0. The van der Waals surface area contributed by atoms with Gasteiger partial charge in [0, 0.05) is 19.1 Å². The van der Waals surface area contributed by atoms with E-state index in [1.807, 2.05) is 38.1 Å². The van der Waals surface area contributed by atoms with Crippen LogP contribution in [-0.4, -0.2) is 14.7 Å². The van der Waals surface area contributed by atoms with E-state index in [2.05, 4.69) is 0 Å². The van der Waals surface area contributed by atoms with E-state index in [9.17, 15) is 4.79 Å². The molecule has 86 valence electrons. The third kappa shape index (κ3) is 1.76. The zero-order valence-electron chi connectivity index (χ0n) is 9.90. The molecule has 0 aliphatic rings. The van der Waals surface area contributed by atoms with Crippen LogP contribution in [0, 0.1) is 0 Å². The fourth-order valence-electron chi connectivity index (χ4n) is 1.92. The second-order valence-electron chi connectivity index (χ2n) is 4.91. The highest BCUT2D eigenvalue weighted by atomic mass is 16.1. The lowest BCUT2D eigenvalue weighted by Crippen LogP contribution is -2.40. The number of rotatable bonds is 2. The fraction of sp³-hybridized carbons (Fsp3) is 0.417. The van der Waals surface area contributed by atoms with E-state index in [1.54, 1.807) is 16.2 Å². The van der Waals surface area contributed by atoms with Crippen LogP contribution in [0.4, 0.5) is 0 Å². The van der Waals surface area contributed by atoms with Gasteiger partial charge in [-0.2, -0.15) is 0 Å². The minimum atomic E-state index is -0.395. The van der Waals surface area contributed by atoms with Crippen molar-refractivity contribution in [1.82, 2.24) is 9.13 Å². The summed E-state index contributed by atoms with van der Waals surface area (Å²) < 4.78 is 3.39. The van der Waals surface area contributed by atoms with E-state index < -0.39 is 5.54 Å². The van der Waals surface area contributed by atoms with Crippen LogP contribution in [0.1, 0.15) is 13.8 Å². The Labute approximate surface area is 94.3 Å². The molecule has 4 heteroatoms. The monoisotopic (exact) mass is 219 g/mol. The fourth-order valence-corrected chi connectivity index (χ4v) is 1.92. The molecule has 0 bridgehead atoms. The molecule has 0 saturated carbocycles. The number of nitrogens with two attached hydrogens (primary N) is 1. The highest BCUT2D eigenvalue weighted by molar-refractivity contribution is 5.75. The van der Waals surface area contributed by atoms with Crippen molar-refractivity contribution in [3.63, 3.8) is 0 Å². The molecule has 1 heterocycles. The van der Waals surface area contributed by atoms with Gasteiger partial charge in [0.2, 0.25) is 0 Å². The van der Waals surface area contributed by atoms with Gasteiger partial charge < -0.3 is 5.73 Å². The summed E-state index contributed by atoms with van der Waals surface area (Å²) in [6.45, 7) is 4.36. The molecule has 1 aromatic carbocycles. The smallest absolute Gasteiger partial charge is 0.324 e. The highest BCUT2D eigenvalue weighted by Gasteiger charge is 2.17. The van der Waals surface area contributed by atoms with E-state index in [0.717, 1.165) is 11.0 Å². The molecule has 0 fully saturated rings. The standard InChI is InChI=1S/C12H17N3O/c1-12(2,13)8-15-10-7-5-4-6-9(10)14(3)11(15)16/h4-7H,8,13H2,1-3H3. The van der Waals surface area contributed by atoms with Crippen molar-refractivity contribution in [2.45, 2.75) is 25.9 Å². The molecule has 0 atom stereocenters. The number of hydrogen-bond acceptors (Lipinski definition) is 2. The molecule has 0 aliphatic heterocycles.